The molecule has 8 rings (SSSR count). The molecule has 0 amide bonds. The largest absolute Gasteiger partial charge is 0.387 e. The molecule has 0 spiro atoms. The number of rotatable bonds is 26. The molecule has 0 saturated carbocycles. The first-order valence-corrected chi connectivity index (χ1v) is 28.6. The molecule has 0 unspecified atom stereocenters. The number of benzene rings is 6. The first-order chi connectivity index (χ1) is 34.8. The van der Waals surface area contributed by atoms with E-state index < -0.39 is 69.5 Å². The molecule has 0 bridgehead atoms. The normalized spacial score (nSPS) is 24.7. The highest BCUT2D eigenvalue weighted by atomic mass is 28.3. The van der Waals surface area contributed by atoms with Crippen LogP contribution in [0.1, 0.15) is 33.4 Å². The molecule has 12 heteroatoms. The summed E-state index contributed by atoms with van der Waals surface area (Å²) < 4.78 is 68.4. The van der Waals surface area contributed by atoms with Crippen molar-refractivity contribution in [3.8, 4) is 0 Å². The molecule has 2 aliphatic rings. The van der Waals surface area contributed by atoms with Gasteiger partial charge in [-0.15, -0.1) is 0 Å². The summed E-state index contributed by atoms with van der Waals surface area (Å²) >= 11 is 0. The van der Waals surface area contributed by atoms with E-state index in [1.807, 2.05) is 182 Å². The van der Waals surface area contributed by atoms with Gasteiger partial charge in [-0.1, -0.05) is 202 Å². The summed E-state index contributed by atoms with van der Waals surface area (Å²) in [7, 11) is -1.52. The summed E-state index contributed by atoms with van der Waals surface area (Å²) in [6, 6.07) is 60.6. The van der Waals surface area contributed by atoms with Gasteiger partial charge in [-0.05, 0) is 39.4 Å². The molecule has 0 radical (unpaired) electrons. The molecule has 2 heterocycles. The fraction of sp³-hybridized carbons (Fsp3) is 0.390. The van der Waals surface area contributed by atoms with Gasteiger partial charge in [-0.2, -0.15) is 0 Å². The lowest BCUT2D eigenvalue weighted by Gasteiger charge is -2.49. The smallest absolute Gasteiger partial charge is 0.187 e. The predicted octanol–water partition coefficient (Wildman–Crippen LogP) is 10.3. The summed E-state index contributed by atoms with van der Waals surface area (Å²) in [5.41, 5.74) is 5.82. The van der Waals surface area contributed by atoms with E-state index in [2.05, 4.69) is 19.6 Å². The number of aliphatic hydroxyl groups is 1. The van der Waals surface area contributed by atoms with Gasteiger partial charge in [-0.3, -0.25) is 0 Å². The Morgan fingerprint density at radius 2 is 0.718 bits per heavy atom. The van der Waals surface area contributed by atoms with Crippen molar-refractivity contribution >= 4 is 8.07 Å². The summed E-state index contributed by atoms with van der Waals surface area (Å²) in [6.45, 7) is 9.20. The Kier molecular flexibility index (Phi) is 20.1. The molecule has 1 N–H and O–H groups in total. The molecule has 376 valence electrons. The van der Waals surface area contributed by atoms with E-state index in [9.17, 15) is 5.11 Å². The summed E-state index contributed by atoms with van der Waals surface area (Å²) in [6.07, 6.45) is -9.19. The predicted molar refractivity (Wildman–Crippen MR) is 275 cm³/mol. The summed E-state index contributed by atoms with van der Waals surface area (Å²) in [5.74, 6) is 0. The van der Waals surface area contributed by atoms with Crippen LogP contribution in [0.4, 0.5) is 0 Å². The minimum Gasteiger partial charge on any atom is -0.387 e. The molecule has 0 aliphatic carbocycles. The first kappa shape index (κ1) is 52.4. The standard InChI is InChI=1S/C59H70O11Si/c1-71(2,3)35-34-63-58-57(67-41-49-32-20-9-21-33-49)56(66-40-48-30-18-8-19-31-48)54(51(68-58)43-62-37-45-24-12-5-13-25-45)70-59-55(65-39-47-28-16-7-17-29-47)52(60)53(64-38-46-26-14-6-15-27-46)50(69-59)42-61-36-44-22-10-4-11-23-44/h4-33,50-60H,34-43H2,1-3H3/t50-,51-,52+,53+,54+,55-,56+,57-,58+,59+/m1/s1. The molecule has 0 aromatic heterocycles. The van der Waals surface area contributed by atoms with Crippen LogP contribution in [-0.2, 0) is 87.0 Å². The topological polar surface area (TPSA) is 113 Å². The van der Waals surface area contributed by atoms with E-state index in [1.54, 1.807) is 0 Å². The second kappa shape index (κ2) is 27.2. The maximum Gasteiger partial charge on any atom is 0.187 e. The van der Waals surface area contributed by atoms with Crippen molar-refractivity contribution in [1.82, 2.24) is 0 Å². The molecule has 2 aliphatic heterocycles. The number of hydrogen-bond acceptors (Lipinski definition) is 11. The summed E-state index contributed by atoms with van der Waals surface area (Å²) in [5, 5.41) is 12.7. The van der Waals surface area contributed by atoms with Gasteiger partial charge >= 0.3 is 0 Å². The van der Waals surface area contributed by atoms with Crippen molar-refractivity contribution in [2.45, 2.75) is 127 Å². The zero-order valence-corrected chi connectivity index (χ0v) is 42.2. The van der Waals surface area contributed by atoms with Crippen molar-refractivity contribution in [2.24, 2.45) is 0 Å². The molecule has 11 nitrogen and oxygen atoms in total. The number of hydrogen-bond donors (Lipinski definition) is 1. The van der Waals surface area contributed by atoms with Gasteiger partial charge in [0.05, 0.1) is 52.9 Å². The minimum atomic E-state index is -1.52. The highest BCUT2D eigenvalue weighted by molar-refractivity contribution is 6.76. The fourth-order valence-electron chi connectivity index (χ4n) is 8.64. The average molecular weight is 983 g/mol. The van der Waals surface area contributed by atoms with Gasteiger partial charge in [0.25, 0.3) is 0 Å². The monoisotopic (exact) mass is 982 g/mol. The maximum atomic E-state index is 12.7. The van der Waals surface area contributed by atoms with Crippen molar-refractivity contribution in [3.63, 3.8) is 0 Å². The van der Waals surface area contributed by atoms with E-state index in [1.165, 1.54) is 0 Å². The van der Waals surface area contributed by atoms with Crippen molar-refractivity contribution < 1.29 is 52.5 Å². The Bertz CT molecular complexity index is 2360. The molecule has 6 aromatic carbocycles. The lowest BCUT2D eigenvalue weighted by atomic mass is 9.96. The van der Waals surface area contributed by atoms with Gasteiger partial charge in [0.2, 0.25) is 0 Å². The average Bonchev–Trinajstić information content (AvgIpc) is 3.39. The molecule has 10 atom stereocenters. The van der Waals surface area contributed by atoms with Crippen molar-refractivity contribution in [1.29, 1.82) is 0 Å². The highest BCUT2D eigenvalue weighted by Gasteiger charge is 2.54. The molecule has 2 fully saturated rings. The van der Waals surface area contributed by atoms with Gasteiger partial charge in [0, 0.05) is 14.7 Å². The Hall–Kier alpha value is -4.90. The molecule has 71 heavy (non-hydrogen) atoms. The van der Waals surface area contributed by atoms with E-state index >= 15 is 0 Å². The first-order valence-electron chi connectivity index (χ1n) is 24.9. The number of aliphatic hydroxyl groups excluding tert-OH is 1. The Balaban J connectivity index is 1.16. The quantitative estimate of drug-likeness (QED) is 0.0524. The minimum absolute atomic E-state index is 0.0885. The van der Waals surface area contributed by atoms with Crippen LogP contribution in [0.2, 0.25) is 25.7 Å². The van der Waals surface area contributed by atoms with Gasteiger partial charge in [0.15, 0.2) is 12.6 Å². The van der Waals surface area contributed by atoms with Crippen LogP contribution in [-0.4, -0.2) is 94.4 Å². The third-order valence-corrected chi connectivity index (χ3v) is 14.3. The van der Waals surface area contributed by atoms with E-state index in [0.717, 1.165) is 39.4 Å². The van der Waals surface area contributed by atoms with Crippen LogP contribution >= 0.6 is 0 Å². The van der Waals surface area contributed by atoms with Gasteiger partial charge < -0.3 is 52.5 Å². The second-order valence-electron chi connectivity index (χ2n) is 19.4. The SMILES string of the molecule is C[Si](C)(C)CCO[C@H]1O[C@H](COCc2ccccc2)[C@H](O[C@@H]2O[C@H](COCc3ccccc3)[C@H](OCc3ccccc3)[C@H](O)[C@H]2OCc2ccccc2)[C@H](OCc2ccccc2)[C@H]1OCc1ccccc1. The Morgan fingerprint density at radius 1 is 0.380 bits per heavy atom. The number of ether oxygens (including phenoxy) is 10. The van der Waals surface area contributed by atoms with Gasteiger partial charge in [-0.25, -0.2) is 0 Å². The van der Waals surface area contributed by atoms with Crippen molar-refractivity contribution in [2.75, 3.05) is 19.8 Å². The maximum absolute atomic E-state index is 12.7. The lowest BCUT2D eigenvalue weighted by Crippen LogP contribution is -2.66. The van der Waals surface area contributed by atoms with Crippen LogP contribution < -0.4 is 0 Å². The van der Waals surface area contributed by atoms with Crippen LogP contribution in [0.5, 0.6) is 0 Å². The van der Waals surface area contributed by atoms with Crippen molar-refractivity contribution in [3.05, 3.63) is 215 Å². The fourth-order valence-corrected chi connectivity index (χ4v) is 9.37. The zero-order valence-electron chi connectivity index (χ0n) is 41.2. The van der Waals surface area contributed by atoms with Crippen LogP contribution in [0.3, 0.4) is 0 Å². The molecule has 2 saturated heterocycles. The van der Waals surface area contributed by atoms with Crippen LogP contribution in [0.15, 0.2) is 182 Å². The second-order valence-corrected chi connectivity index (χ2v) is 25.0. The zero-order chi connectivity index (χ0) is 49.1. The highest BCUT2D eigenvalue weighted by Crippen LogP contribution is 2.36. The van der Waals surface area contributed by atoms with E-state index in [-0.39, 0.29) is 39.6 Å². The van der Waals surface area contributed by atoms with E-state index in [4.69, 9.17) is 47.4 Å². The molecular weight excluding hydrogens is 913 g/mol. The lowest BCUT2D eigenvalue weighted by molar-refractivity contribution is -0.375. The van der Waals surface area contributed by atoms with Gasteiger partial charge in [0.1, 0.15) is 48.8 Å². The Labute approximate surface area is 420 Å². The third-order valence-electron chi connectivity index (χ3n) is 12.6. The Morgan fingerprint density at radius 3 is 1.13 bits per heavy atom. The van der Waals surface area contributed by atoms with E-state index in [0.29, 0.717) is 19.8 Å². The van der Waals surface area contributed by atoms with Crippen LogP contribution in [0.25, 0.3) is 0 Å². The molecule has 6 aromatic rings. The third kappa shape index (κ3) is 16.3. The molecular formula is C59H70O11Si. The van der Waals surface area contributed by atoms with Crippen LogP contribution in [0, 0.1) is 0 Å². The summed E-state index contributed by atoms with van der Waals surface area (Å²) in [4.78, 5) is 0.